The zero-order chi connectivity index (χ0) is 22.3. The van der Waals surface area contributed by atoms with E-state index in [9.17, 15) is 9.59 Å². The molecule has 1 fully saturated rings. The number of amides is 1. The Kier molecular flexibility index (Phi) is 7.11. The highest BCUT2D eigenvalue weighted by atomic mass is 16.1. The number of nitrogens with one attached hydrogen (secondary N) is 1. The van der Waals surface area contributed by atoms with E-state index in [-0.39, 0.29) is 11.5 Å². The first-order valence-corrected chi connectivity index (χ1v) is 11.2. The van der Waals surface area contributed by atoms with E-state index in [1.54, 1.807) is 17.0 Å². The van der Waals surface area contributed by atoms with Gasteiger partial charge in [0.1, 0.15) is 5.82 Å². The quantitative estimate of drug-likeness (QED) is 0.613. The normalized spacial score (nSPS) is 15.0. The van der Waals surface area contributed by atoms with Crippen LogP contribution in [0, 0.1) is 0 Å². The van der Waals surface area contributed by atoms with Gasteiger partial charge in [-0.05, 0) is 50.2 Å². The molecule has 0 unspecified atom stereocenters. The van der Waals surface area contributed by atoms with E-state index in [1.165, 1.54) is 0 Å². The number of aryl methyl sites for hydroxylation is 1. The van der Waals surface area contributed by atoms with E-state index in [0.29, 0.717) is 36.8 Å². The van der Waals surface area contributed by atoms with Gasteiger partial charge in [0.15, 0.2) is 0 Å². The fraction of sp³-hybridized carbons (Fsp3) is 0.417. The standard InChI is InChI=1S/C24H30N6O2/c1-28-11-5-13-29(15-14-28)22-10-9-19(16-25-22)17-26-23(31)8-4-12-30-18-27-21-7-3-2-6-20(21)24(30)32/h2-3,6-7,9-10,16,18H,4-5,8,11-15,17H2,1H3,(H,26,31). The number of nitrogens with zero attached hydrogens (tertiary/aromatic N) is 5. The Morgan fingerprint density at radius 3 is 2.78 bits per heavy atom. The number of hydrogen-bond donors (Lipinski definition) is 1. The molecule has 8 heteroatoms. The highest BCUT2D eigenvalue weighted by molar-refractivity contribution is 5.77. The average molecular weight is 435 g/mol. The first-order valence-electron chi connectivity index (χ1n) is 11.2. The smallest absolute Gasteiger partial charge is 0.261 e. The van der Waals surface area contributed by atoms with Crippen molar-refractivity contribution in [2.75, 3.05) is 38.1 Å². The van der Waals surface area contributed by atoms with Crippen molar-refractivity contribution >= 4 is 22.6 Å². The molecule has 0 bridgehead atoms. The highest BCUT2D eigenvalue weighted by Crippen LogP contribution is 2.14. The molecule has 1 aromatic carbocycles. The maximum absolute atomic E-state index is 12.5. The first-order chi connectivity index (χ1) is 15.6. The van der Waals surface area contributed by atoms with E-state index in [0.717, 1.165) is 44.0 Å². The third kappa shape index (κ3) is 5.50. The largest absolute Gasteiger partial charge is 0.355 e. The van der Waals surface area contributed by atoms with Gasteiger partial charge < -0.3 is 15.1 Å². The van der Waals surface area contributed by atoms with Crippen LogP contribution in [0.2, 0.25) is 0 Å². The number of anilines is 1. The SMILES string of the molecule is CN1CCCN(c2ccc(CNC(=O)CCCn3cnc4ccccc4c3=O)cn2)CC1. The molecule has 168 valence electrons. The third-order valence-electron chi connectivity index (χ3n) is 5.88. The van der Waals surface area contributed by atoms with Gasteiger partial charge in [-0.25, -0.2) is 9.97 Å². The molecule has 32 heavy (non-hydrogen) atoms. The number of aromatic nitrogens is 3. The van der Waals surface area contributed by atoms with Crippen LogP contribution in [-0.2, 0) is 17.9 Å². The van der Waals surface area contributed by atoms with E-state index in [4.69, 9.17) is 0 Å². The van der Waals surface area contributed by atoms with Crippen LogP contribution in [0.25, 0.3) is 10.9 Å². The van der Waals surface area contributed by atoms with E-state index in [2.05, 4.69) is 32.1 Å². The molecule has 1 N–H and O–H groups in total. The van der Waals surface area contributed by atoms with Crippen LogP contribution in [0.3, 0.4) is 0 Å². The number of para-hydroxylation sites is 1. The van der Waals surface area contributed by atoms with Gasteiger partial charge in [0.25, 0.3) is 5.56 Å². The Bertz CT molecular complexity index is 1110. The summed E-state index contributed by atoms with van der Waals surface area (Å²) in [5, 5.41) is 3.54. The van der Waals surface area contributed by atoms with Crippen molar-refractivity contribution in [3.05, 3.63) is 64.8 Å². The molecule has 1 amide bonds. The number of pyridine rings is 1. The molecule has 8 nitrogen and oxygen atoms in total. The second-order valence-corrected chi connectivity index (χ2v) is 8.31. The Hall–Kier alpha value is -3.26. The second kappa shape index (κ2) is 10.4. The zero-order valence-electron chi connectivity index (χ0n) is 18.5. The second-order valence-electron chi connectivity index (χ2n) is 8.31. The maximum atomic E-state index is 12.5. The van der Waals surface area contributed by atoms with E-state index < -0.39 is 0 Å². The summed E-state index contributed by atoms with van der Waals surface area (Å²) in [6.07, 6.45) is 5.46. The van der Waals surface area contributed by atoms with Crippen molar-refractivity contribution in [1.82, 2.24) is 24.8 Å². The minimum Gasteiger partial charge on any atom is -0.355 e. The molecule has 3 heterocycles. The lowest BCUT2D eigenvalue weighted by Crippen LogP contribution is -2.29. The molecule has 2 aromatic heterocycles. The number of carbonyl (C=O) groups excluding carboxylic acids is 1. The maximum Gasteiger partial charge on any atom is 0.261 e. The Balaban J connectivity index is 1.23. The molecule has 0 spiro atoms. The van der Waals surface area contributed by atoms with Gasteiger partial charge >= 0.3 is 0 Å². The monoisotopic (exact) mass is 434 g/mol. The van der Waals surface area contributed by atoms with Crippen molar-refractivity contribution in [1.29, 1.82) is 0 Å². The molecule has 0 atom stereocenters. The van der Waals surface area contributed by atoms with Crippen LogP contribution < -0.4 is 15.8 Å². The first kappa shape index (κ1) is 22.0. The van der Waals surface area contributed by atoms with Gasteiger partial charge in [-0.3, -0.25) is 14.2 Å². The van der Waals surface area contributed by atoms with Crippen LogP contribution in [-0.4, -0.2) is 58.6 Å². The van der Waals surface area contributed by atoms with Crippen molar-refractivity contribution in [2.45, 2.75) is 32.4 Å². The number of benzene rings is 1. The lowest BCUT2D eigenvalue weighted by Gasteiger charge is -2.21. The lowest BCUT2D eigenvalue weighted by atomic mass is 10.2. The van der Waals surface area contributed by atoms with Crippen molar-refractivity contribution in [2.24, 2.45) is 0 Å². The Morgan fingerprint density at radius 1 is 1.06 bits per heavy atom. The van der Waals surface area contributed by atoms with Crippen molar-refractivity contribution in [3.63, 3.8) is 0 Å². The molecule has 4 rings (SSSR count). The summed E-state index contributed by atoms with van der Waals surface area (Å²) in [5.41, 5.74) is 1.59. The fourth-order valence-electron chi connectivity index (χ4n) is 3.95. The number of rotatable bonds is 7. The topological polar surface area (TPSA) is 83.4 Å². The number of fused-ring (bicyclic) bond motifs is 1. The van der Waals surface area contributed by atoms with E-state index >= 15 is 0 Å². The summed E-state index contributed by atoms with van der Waals surface area (Å²) in [5.74, 6) is 0.955. The summed E-state index contributed by atoms with van der Waals surface area (Å²) in [6, 6.07) is 11.3. The van der Waals surface area contributed by atoms with Crippen molar-refractivity contribution in [3.8, 4) is 0 Å². The summed E-state index contributed by atoms with van der Waals surface area (Å²) < 4.78 is 1.57. The van der Waals surface area contributed by atoms with Crippen LogP contribution in [0.15, 0.2) is 53.7 Å². The van der Waals surface area contributed by atoms with Crippen LogP contribution in [0.4, 0.5) is 5.82 Å². The highest BCUT2D eigenvalue weighted by Gasteiger charge is 2.13. The minimum absolute atomic E-state index is 0.0357. The third-order valence-corrected chi connectivity index (χ3v) is 5.88. The Labute approximate surface area is 187 Å². The van der Waals surface area contributed by atoms with Crippen LogP contribution in [0.1, 0.15) is 24.8 Å². The molecule has 3 aromatic rings. The number of likely N-dealkylation sites (N-methyl/N-ethyl adjacent to an activating group) is 1. The summed E-state index contributed by atoms with van der Waals surface area (Å²) in [7, 11) is 2.15. The molecule has 1 aliphatic heterocycles. The van der Waals surface area contributed by atoms with Crippen molar-refractivity contribution < 1.29 is 4.79 Å². The molecule has 0 radical (unpaired) electrons. The van der Waals surface area contributed by atoms with Gasteiger partial charge in [-0.1, -0.05) is 18.2 Å². The summed E-state index contributed by atoms with van der Waals surface area (Å²) in [4.78, 5) is 38.3. The summed E-state index contributed by atoms with van der Waals surface area (Å²) >= 11 is 0. The average Bonchev–Trinajstić information content (AvgIpc) is 3.04. The summed E-state index contributed by atoms with van der Waals surface area (Å²) in [6.45, 7) is 5.07. The van der Waals surface area contributed by atoms with Gasteiger partial charge in [0, 0.05) is 45.3 Å². The predicted octanol–water partition coefficient (Wildman–Crippen LogP) is 2.03. The Morgan fingerprint density at radius 2 is 1.94 bits per heavy atom. The van der Waals surface area contributed by atoms with Crippen LogP contribution >= 0.6 is 0 Å². The number of carbonyl (C=O) groups is 1. The molecular formula is C24H30N6O2. The fourth-order valence-corrected chi connectivity index (χ4v) is 3.95. The zero-order valence-corrected chi connectivity index (χ0v) is 18.5. The van der Waals surface area contributed by atoms with Gasteiger partial charge in [0.05, 0.1) is 17.2 Å². The molecule has 0 aliphatic carbocycles. The van der Waals surface area contributed by atoms with Gasteiger partial charge in [-0.2, -0.15) is 0 Å². The van der Waals surface area contributed by atoms with E-state index in [1.807, 2.05) is 36.5 Å². The van der Waals surface area contributed by atoms with Gasteiger partial charge in [0.2, 0.25) is 5.91 Å². The lowest BCUT2D eigenvalue weighted by molar-refractivity contribution is -0.121. The van der Waals surface area contributed by atoms with Gasteiger partial charge in [-0.15, -0.1) is 0 Å². The number of hydrogen-bond acceptors (Lipinski definition) is 6. The van der Waals surface area contributed by atoms with Crippen LogP contribution in [0.5, 0.6) is 0 Å². The molecular weight excluding hydrogens is 404 g/mol. The predicted molar refractivity (Wildman–Crippen MR) is 126 cm³/mol. The molecule has 1 saturated heterocycles. The molecule has 1 aliphatic rings. The molecule has 0 saturated carbocycles. The minimum atomic E-state index is -0.0711.